The number of methoxy groups -OCH3 is 1. The molecule has 0 bridgehead atoms. The number of nitrogens with zero attached hydrogens (tertiary/aromatic N) is 1. The molecular formula is C17H25NO4. The summed E-state index contributed by atoms with van der Waals surface area (Å²) in [6.45, 7) is 5.27. The van der Waals surface area contributed by atoms with Crippen LogP contribution in [0.4, 0.5) is 0 Å². The minimum atomic E-state index is -0.506. The Kier molecular flexibility index (Phi) is 6.21. The van der Waals surface area contributed by atoms with Gasteiger partial charge in [-0.2, -0.15) is 0 Å². The lowest BCUT2D eigenvalue weighted by Crippen LogP contribution is -2.40. The zero-order valence-corrected chi connectivity index (χ0v) is 13.3. The number of esters is 1. The van der Waals surface area contributed by atoms with Crippen molar-refractivity contribution >= 4 is 5.97 Å². The van der Waals surface area contributed by atoms with E-state index in [1.165, 1.54) is 20.0 Å². The van der Waals surface area contributed by atoms with Crippen molar-refractivity contribution in [1.82, 2.24) is 4.90 Å². The number of carbonyl (C=O) groups is 1. The Hall–Kier alpha value is -1.59. The van der Waals surface area contributed by atoms with E-state index in [1.807, 2.05) is 0 Å². The highest BCUT2D eigenvalue weighted by molar-refractivity contribution is 5.89. The number of piperidine rings is 1. The van der Waals surface area contributed by atoms with Gasteiger partial charge < -0.3 is 19.5 Å². The number of aliphatic hydroxyl groups is 1. The van der Waals surface area contributed by atoms with Crippen molar-refractivity contribution in [3.05, 3.63) is 29.8 Å². The predicted molar refractivity (Wildman–Crippen MR) is 84.1 cm³/mol. The fourth-order valence-corrected chi connectivity index (χ4v) is 2.59. The summed E-state index contributed by atoms with van der Waals surface area (Å²) in [6.07, 6.45) is 1.89. The molecule has 1 N–H and O–H groups in total. The maximum Gasteiger partial charge on any atom is 0.337 e. The molecule has 1 aromatic rings. The van der Waals surface area contributed by atoms with Gasteiger partial charge >= 0.3 is 5.97 Å². The van der Waals surface area contributed by atoms with Crippen LogP contribution in [0.1, 0.15) is 30.1 Å². The summed E-state index contributed by atoms with van der Waals surface area (Å²) in [5.74, 6) is 1.06. The van der Waals surface area contributed by atoms with Crippen LogP contribution in [0.5, 0.6) is 5.75 Å². The SMILES string of the molecule is COC(=O)c1ccc(OC[C@H](O)CN2CCC(C)CC2)cc1. The number of hydrogen-bond donors (Lipinski definition) is 1. The monoisotopic (exact) mass is 307 g/mol. The molecule has 0 aliphatic carbocycles. The van der Waals surface area contributed by atoms with Gasteiger partial charge in [0.2, 0.25) is 0 Å². The molecule has 1 saturated heterocycles. The number of aliphatic hydroxyl groups excluding tert-OH is 1. The number of hydrogen-bond acceptors (Lipinski definition) is 5. The van der Waals surface area contributed by atoms with Crippen molar-refractivity contribution in [3.63, 3.8) is 0 Å². The van der Waals surface area contributed by atoms with E-state index < -0.39 is 6.10 Å². The van der Waals surface area contributed by atoms with Gasteiger partial charge in [-0.25, -0.2) is 4.79 Å². The van der Waals surface area contributed by atoms with Crippen molar-refractivity contribution in [3.8, 4) is 5.75 Å². The minimum Gasteiger partial charge on any atom is -0.491 e. The second-order valence-electron chi connectivity index (χ2n) is 5.96. The Morgan fingerprint density at radius 1 is 1.32 bits per heavy atom. The quantitative estimate of drug-likeness (QED) is 0.814. The lowest BCUT2D eigenvalue weighted by atomic mass is 9.99. The largest absolute Gasteiger partial charge is 0.491 e. The van der Waals surface area contributed by atoms with Crippen molar-refractivity contribution in [1.29, 1.82) is 0 Å². The Morgan fingerprint density at radius 3 is 2.55 bits per heavy atom. The van der Waals surface area contributed by atoms with Crippen LogP contribution in [0.3, 0.4) is 0 Å². The van der Waals surface area contributed by atoms with Crippen LogP contribution >= 0.6 is 0 Å². The van der Waals surface area contributed by atoms with Gasteiger partial charge in [-0.3, -0.25) is 0 Å². The summed E-state index contributed by atoms with van der Waals surface area (Å²) in [5.41, 5.74) is 0.484. The molecule has 1 atom stereocenters. The van der Waals surface area contributed by atoms with Crippen molar-refractivity contribution < 1.29 is 19.4 Å². The first-order chi connectivity index (χ1) is 10.6. The molecule has 0 aromatic heterocycles. The van der Waals surface area contributed by atoms with Gasteiger partial charge in [0.05, 0.1) is 12.7 Å². The Labute approximate surface area is 131 Å². The van der Waals surface area contributed by atoms with Crippen LogP contribution in [-0.2, 0) is 4.74 Å². The third-order valence-electron chi connectivity index (χ3n) is 4.06. The maximum atomic E-state index is 11.3. The molecule has 0 radical (unpaired) electrons. The normalized spacial score (nSPS) is 18.0. The van der Waals surface area contributed by atoms with Gasteiger partial charge in [0.1, 0.15) is 18.5 Å². The molecule has 0 unspecified atom stereocenters. The van der Waals surface area contributed by atoms with Gasteiger partial charge in [0.25, 0.3) is 0 Å². The van der Waals surface area contributed by atoms with E-state index in [1.54, 1.807) is 24.3 Å². The van der Waals surface area contributed by atoms with Crippen LogP contribution in [0, 0.1) is 5.92 Å². The maximum absolute atomic E-state index is 11.3. The highest BCUT2D eigenvalue weighted by Crippen LogP contribution is 2.17. The average Bonchev–Trinajstić information content (AvgIpc) is 2.55. The van der Waals surface area contributed by atoms with E-state index in [2.05, 4.69) is 16.6 Å². The third-order valence-corrected chi connectivity index (χ3v) is 4.06. The van der Waals surface area contributed by atoms with Gasteiger partial charge in [0.15, 0.2) is 0 Å². The number of β-amino-alcohol motifs (C(OH)–C–C–N with tert-alkyl or cyclic N) is 1. The fourth-order valence-electron chi connectivity index (χ4n) is 2.59. The topological polar surface area (TPSA) is 59.0 Å². The van der Waals surface area contributed by atoms with Crippen LogP contribution < -0.4 is 4.74 Å². The van der Waals surface area contributed by atoms with E-state index in [0.29, 0.717) is 17.9 Å². The second kappa shape index (κ2) is 8.15. The Morgan fingerprint density at radius 2 is 1.95 bits per heavy atom. The Balaban J connectivity index is 1.74. The molecular weight excluding hydrogens is 282 g/mol. The van der Waals surface area contributed by atoms with Crippen molar-refractivity contribution in [2.45, 2.75) is 25.9 Å². The first kappa shape index (κ1) is 16.8. The molecule has 2 rings (SSSR count). The smallest absolute Gasteiger partial charge is 0.337 e. The second-order valence-corrected chi connectivity index (χ2v) is 5.96. The minimum absolute atomic E-state index is 0.254. The number of benzene rings is 1. The summed E-state index contributed by atoms with van der Waals surface area (Å²) in [5, 5.41) is 10.1. The predicted octanol–water partition coefficient (Wildman–Crippen LogP) is 1.94. The Bertz CT molecular complexity index is 466. The van der Waals surface area contributed by atoms with E-state index in [-0.39, 0.29) is 12.6 Å². The number of rotatable bonds is 6. The van der Waals surface area contributed by atoms with Gasteiger partial charge in [-0.15, -0.1) is 0 Å². The first-order valence-corrected chi connectivity index (χ1v) is 7.80. The molecule has 1 aliphatic rings. The van der Waals surface area contributed by atoms with Crippen LogP contribution in [0.25, 0.3) is 0 Å². The molecule has 0 amide bonds. The standard InChI is InChI=1S/C17H25NO4/c1-13-7-9-18(10-8-13)11-15(19)12-22-16-5-3-14(4-6-16)17(20)21-2/h3-6,13,15,19H,7-12H2,1-2H3/t15-/m1/s1. The van der Waals surface area contributed by atoms with Crippen molar-refractivity contribution in [2.24, 2.45) is 5.92 Å². The molecule has 1 aromatic carbocycles. The lowest BCUT2D eigenvalue weighted by Gasteiger charge is -2.31. The zero-order valence-electron chi connectivity index (χ0n) is 13.3. The van der Waals surface area contributed by atoms with E-state index in [9.17, 15) is 9.90 Å². The third kappa shape index (κ3) is 5.00. The zero-order chi connectivity index (χ0) is 15.9. The number of likely N-dealkylation sites (tertiary alicyclic amines) is 1. The summed E-state index contributed by atoms with van der Waals surface area (Å²) in [4.78, 5) is 13.6. The molecule has 22 heavy (non-hydrogen) atoms. The van der Waals surface area contributed by atoms with Gasteiger partial charge in [-0.1, -0.05) is 6.92 Å². The van der Waals surface area contributed by atoms with Gasteiger partial charge in [-0.05, 0) is 56.1 Å². The van der Waals surface area contributed by atoms with Crippen LogP contribution in [0.2, 0.25) is 0 Å². The van der Waals surface area contributed by atoms with Gasteiger partial charge in [0, 0.05) is 6.54 Å². The fraction of sp³-hybridized carbons (Fsp3) is 0.588. The summed E-state index contributed by atoms with van der Waals surface area (Å²) >= 11 is 0. The summed E-state index contributed by atoms with van der Waals surface area (Å²) in [7, 11) is 1.35. The molecule has 0 saturated carbocycles. The average molecular weight is 307 g/mol. The molecule has 1 fully saturated rings. The molecule has 1 aliphatic heterocycles. The first-order valence-electron chi connectivity index (χ1n) is 7.80. The van der Waals surface area contributed by atoms with E-state index in [4.69, 9.17) is 4.74 Å². The van der Waals surface area contributed by atoms with E-state index in [0.717, 1.165) is 19.0 Å². The lowest BCUT2D eigenvalue weighted by molar-refractivity contribution is 0.0561. The van der Waals surface area contributed by atoms with E-state index >= 15 is 0 Å². The van der Waals surface area contributed by atoms with Crippen LogP contribution in [-0.4, -0.2) is 55.4 Å². The molecule has 0 spiro atoms. The molecule has 122 valence electrons. The summed E-state index contributed by atoms with van der Waals surface area (Å²) < 4.78 is 10.2. The van der Waals surface area contributed by atoms with Crippen LogP contribution in [0.15, 0.2) is 24.3 Å². The highest BCUT2D eigenvalue weighted by atomic mass is 16.5. The number of carbonyl (C=O) groups excluding carboxylic acids is 1. The van der Waals surface area contributed by atoms with Crippen molar-refractivity contribution in [2.75, 3.05) is 33.4 Å². The number of ether oxygens (including phenoxy) is 2. The molecule has 5 nitrogen and oxygen atoms in total. The summed E-state index contributed by atoms with van der Waals surface area (Å²) in [6, 6.07) is 6.72. The molecule has 1 heterocycles. The highest BCUT2D eigenvalue weighted by Gasteiger charge is 2.18. The molecule has 5 heteroatoms.